The lowest BCUT2D eigenvalue weighted by molar-refractivity contribution is -0.122. The van der Waals surface area contributed by atoms with E-state index in [9.17, 15) is 4.79 Å². The summed E-state index contributed by atoms with van der Waals surface area (Å²) >= 11 is 0. The predicted octanol–water partition coefficient (Wildman–Crippen LogP) is -1.51. The molecule has 0 aliphatic carbocycles. The quantitative estimate of drug-likeness (QED) is 0.403. The van der Waals surface area contributed by atoms with Crippen molar-refractivity contribution in [1.82, 2.24) is 5.32 Å². The molecule has 0 rings (SSSR count). The minimum Gasteiger partial charge on any atom is -0.426 e. The Labute approximate surface area is 78.5 Å². The van der Waals surface area contributed by atoms with E-state index in [1.54, 1.807) is 13.8 Å². The zero-order valence-electron chi connectivity index (χ0n) is 8.19. The van der Waals surface area contributed by atoms with Crippen molar-refractivity contribution in [3.05, 3.63) is 0 Å². The third kappa shape index (κ3) is 4.26. The number of nitrogens with two attached hydrogens (primary N) is 1. The molecule has 0 fully saturated rings. The highest BCUT2D eigenvalue weighted by Gasteiger charge is 2.28. The SMILES string of the molecule is CC(N)C(=O)N[C@H](B(O)O)C(C)C. The van der Waals surface area contributed by atoms with Gasteiger partial charge in [0.1, 0.15) is 0 Å². The smallest absolute Gasteiger partial charge is 0.426 e. The van der Waals surface area contributed by atoms with Gasteiger partial charge in [-0.2, -0.15) is 0 Å². The zero-order valence-corrected chi connectivity index (χ0v) is 8.19. The molecule has 0 heterocycles. The van der Waals surface area contributed by atoms with Crippen LogP contribution >= 0.6 is 0 Å². The van der Waals surface area contributed by atoms with E-state index in [2.05, 4.69) is 5.32 Å². The van der Waals surface area contributed by atoms with Gasteiger partial charge in [0.25, 0.3) is 0 Å². The van der Waals surface area contributed by atoms with Crippen LogP contribution in [0.25, 0.3) is 0 Å². The predicted molar refractivity (Wildman–Crippen MR) is 50.6 cm³/mol. The second-order valence-corrected chi connectivity index (χ2v) is 3.48. The Morgan fingerprint density at radius 1 is 1.38 bits per heavy atom. The van der Waals surface area contributed by atoms with E-state index >= 15 is 0 Å². The van der Waals surface area contributed by atoms with Crippen molar-refractivity contribution in [3.63, 3.8) is 0 Å². The number of hydrogen-bond acceptors (Lipinski definition) is 4. The molecule has 0 aromatic carbocycles. The summed E-state index contributed by atoms with van der Waals surface area (Å²) in [5, 5.41) is 20.3. The summed E-state index contributed by atoms with van der Waals surface area (Å²) < 4.78 is 0. The van der Waals surface area contributed by atoms with E-state index in [-0.39, 0.29) is 11.8 Å². The summed E-state index contributed by atoms with van der Waals surface area (Å²) in [7, 11) is -1.55. The molecule has 0 saturated heterocycles. The molecule has 0 spiro atoms. The van der Waals surface area contributed by atoms with Crippen LogP contribution in [0.15, 0.2) is 0 Å². The summed E-state index contributed by atoms with van der Waals surface area (Å²) in [6.45, 7) is 5.10. The Morgan fingerprint density at radius 3 is 2.08 bits per heavy atom. The van der Waals surface area contributed by atoms with Crippen LogP contribution in [0.1, 0.15) is 20.8 Å². The lowest BCUT2D eigenvalue weighted by Gasteiger charge is -2.22. The minimum atomic E-state index is -1.55. The van der Waals surface area contributed by atoms with Gasteiger partial charge in [-0.05, 0) is 12.8 Å². The summed E-state index contributed by atoms with van der Waals surface area (Å²) in [4.78, 5) is 11.1. The normalized spacial score (nSPS) is 15.3. The first-order chi connectivity index (χ1) is 5.86. The molecule has 0 aromatic rings. The fourth-order valence-corrected chi connectivity index (χ4v) is 0.881. The van der Waals surface area contributed by atoms with E-state index in [4.69, 9.17) is 15.8 Å². The van der Waals surface area contributed by atoms with E-state index in [1.165, 1.54) is 6.92 Å². The van der Waals surface area contributed by atoms with Crippen molar-refractivity contribution in [3.8, 4) is 0 Å². The Morgan fingerprint density at radius 2 is 1.85 bits per heavy atom. The van der Waals surface area contributed by atoms with Gasteiger partial charge < -0.3 is 21.1 Å². The molecule has 2 atom stereocenters. The monoisotopic (exact) mass is 188 g/mol. The van der Waals surface area contributed by atoms with Crippen LogP contribution in [0.2, 0.25) is 0 Å². The van der Waals surface area contributed by atoms with Gasteiger partial charge in [0.05, 0.1) is 12.0 Å². The number of carbonyl (C=O) groups excluding carboxylic acids is 1. The molecule has 13 heavy (non-hydrogen) atoms. The van der Waals surface area contributed by atoms with Crippen LogP contribution < -0.4 is 11.1 Å². The molecule has 1 unspecified atom stereocenters. The Hall–Kier alpha value is -0.585. The van der Waals surface area contributed by atoms with Crippen LogP contribution in [-0.2, 0) is 4.79 Å². The highest BCUT2D eigenvalue weighted by molar-refractivity contribution is 6.43. The Bertz CT molecular complexity index is 165. The first-order valence-corrected chi connectivity index (χ1v) is 4.28. The first-order valence-electron chi connectivity index (χ1n) is 4.28. The van der Waals surface area contributed by atoms with E-state index in [1.807, 2.05) is 0 Å². The number of amides is 1. The summed E-state index contributed by atoms with van der Waals surface area (Å²) in [5.41, 5.74) is 5.31. The summed E-state index contributed by atoms with van der Waals surface area (Å²) in [6.07, 6.45) is 0. The number of nitrogens with one attached hydrogen (secondary N) is 1. The van der Waals surface area contributed by atoms with E-state index < -0.39 is 19.1 Å². The molecule has 5 N–H and O–H groups in total. The standard InChI is InChI=1S/C7H17BN2O3/c1-4(2)6(8(12)13)10-7(11)5(3)9/h4-6,12-13H,9H2,1-3H3,(H,10,11)/t5?,6-/m0/s1. The zero-order chi connectivity index (χ0) is 10.6. The van der Waals surface area contributed by atoms with Gasteiger partial charge in [-0.3, -0.25) is 4.79 Å². The topological polar surface area (TPSA) is 95.6 Å². The molecule has 76 valence electrons. The maximum atomic E-state index is 11.1. The van der Waals surface area contributed by atoms with Crippen LogP contribution in [0.3, 0.4) is 0 Å². The fraction of sp³-hybridized carbons (Fsp3) is 0.857. The van der Waals surface area contributed by atoms with E-state index in [0.29, 0.717) is 0 Å². The van der Waals surface area contributed by atoms with Gasteiger partial charge in [-0.1, -0.05) is 13.8 Å². The van der Waals surface area contributed by atoms with Gasteiger partial charge in [0, 0.05) is 0 Å². The summed E-state index contributed by atoms with van der Waals surface area (Å²) in [6, 6.07) is -0.639. The number of hydrogen-bond donors (Lipinski definition) is 4. The fourth-order valence-electron chi connectivity index (χ4n) is 0.881. The molecular formula is C7H17BN2O3. The van der Waals surface area contributed by atoms with Crippen molar-refractivity contribution >= 4 is 13.0 Å². The lowest BCUT2D eigenvalue weighted by atomic mass is 9.73. The molecule has 0 aromatic heterocycles. The minimum absolute atomic E-state index is 0.0531. The molecule has 0 aliphatic rings. The van der Waals surface area contributed by atoms with Crippen molar-refractivity contribution in [1.29, 1.82) is 0 Å². The Balaban J connectivity index is 4.19. The van der Waals surface area contributed by atoms with Gasteiger partial charge >= 0.3 is 7.12 Å². The highest BCUT2D eigenvalue weighted by atomic mass is 16.4. The summed E-state index contributed by atoms with van der Waals surface area (Å²) in [5.74, 6) is -1.10. The third-order valence-electron chi connectivity index (χ3n) is 1.76. The average Bonchev–Trinajstić information content (AvgIpc) is 1.97. The van der Waals surface area contributed by atoms with Gasteiger partial charge in [-0.15, -0.1) is 0 Å². The maximum Gasteiger partial charge on any atom is 0.475 e. The molecule has 5 nitrogen and oxygen atoms in total. The molecule has 0 saturated carbocycles. The van der Waals surface area contributed by atoms with Crippen molar-refractivity contribution in [2.75, 3.05) is 0 Å². The third-order valence-corrected chi connectivity index (χ3v) is 1.76. The second-order valence-electron chi connectivity index (χ2n) is 3.48. The van der Waals surface area contributed by atoms with Crippen LogP contribution in [0.4, 0.5) is 0 Å². The van der Waals surface area contributed by atoms with E-state index in [0.717, 1.165) is 0 Å². The average molecular weight is 188 g/mol. The lowest BCUT2D eigenvalue weighted by Crippen LogP contribution is -2.53. The van der Waals surface area contributed by atoms with Crippen molar-refractivity contribution < 1.29 is 14.8 Å². The Kier molecular flexibility index (Phi) is 4.98. The largest absolute Gasteiger partial charge is 0.475 e. The molecule has 0 aliphatic heterocycles. The van der Waals surface area contributed by atoms with Crippen LogP contribution in [0, 0.1) is 5.92 Å². The van der Waals surface area contributed by atoms with Gasteiger partial charge in [0.2, 0.25) is 5.91 Å². The van der Waals surface area contributed by atoms with Crippen molar-refractivity contribution in [2.45, 2.75) is 32.8 Å². The van der Waals surface area contributed by atoms with Crippen LogP contribution in [-0.4, -0.2) is 35.1 Å². The highest BCUT2D eigenvalue weighted by Crippen LogP contribution is 2.02. The maximum absolute atomic E-state index is 11.1. The molecule has 0 radical (unpaired) electrons. The molecular weight excluding hydrogens is 171 g/mol. The van der Waals surface area contributed by atoms with Crippen LogP contribution in [0.5, 0.6) is 0 Å². The van der Waals surface area contributed by atoms with Crippen molar-refractivity contribution in [2.24, 2.45) is 11.7 Å². The number of rotatable bonds is 4. The first kappa shape index (κ1) is 12.4. The molecule has 0 bridgehead atoms. The second kappa shape index (κ2) is 5.21. The van der Waals surface area contributed by atoms with Gasteiger partial charge in [-0.25, -0.2) is 0 Å². The van der Waals surface area contributed by atoms with Gasteiger partial charge in [0.15, 0.2) is 0 Å². The molecule has 6 heteroatoms. The number of carbonyl (C=O) groups is 1. The molecule has 1 amide bonds.